The lowest BCUT2D eigenvalue weighted by Crippen LogP contribution is -2.35. The molecule has 19 heavy (non-hydrogen) atoms. The van der Waals surface area contributed by atoms with Crippen molar-refractivity contribution in [3.63, 3.8) is 0 Å². The molecule has 1 aromatic carbocycles. The first-order chi connectivity index (χ1) is 9.31. The monoisotopic (exact) mass is 257 g/mol. The van der Waals surface area contributed by atoms with Crippen LogP contribution < -0.4 is 0 Å². The van der Waals surface area contributed by atoms with E-state index in [4.69, 9.17) is 10.1 Å². The van der Waals surface area contributed by atoms with Gasteiger partial charge < -0.3 is 4.90 Å². The maximum Gasteiger partial charge on any atom is 0.436 e. The van der Waals surface area contributed by atoms with Gasteiger partial charge in [0.25, 0.3) is 0 Å². The minimum atomic E-state index is -0.483. The van der Waals surface area contributed by atoms with Crippen LogP contribution in [-0.4, -0.2) is 29.8 Å². The fourth-order valence-corrected chi connectivity index (χ4v) is 1.95. The Morgan fingerprint density at radius 2 is 1.89 bits per heavy atom. The minimum absolute atomic E-state index is 0.103. The van der Waals surface area contributed by atoms with Crippen LogP contribution in [0, 0.1) is 11.3 Å². The van der Waals surface area contributed by atoms with Gasteiger partial charge in [0.05, 0.1) is 0 Å². The van der Waals surface area contributed by atoms with Crippen molar-refractivity contribution in [3.8, 4) is 6.07 Å². The molecular formula is C14H15N3O2. The van der Waals surface area contributed by atoms with E-state index in [1.807, 2.05) is 12.1 Å². The molecular weight excluding hydrogens is 242 g/mol. The molecule has 5 heteroatoms. The van der Waals surface area contributed by atoms with Crippen molar-refractivity contribution in [2.45, 2.75) is 19.3 Å². The van der Waals surface area contributed by atoms with Crippen LogP contribution in [0.1, 0.15) is 24.8 Å². The SMILES string of the molecule is N#C/C(=N\OC(=O)N1CCCCC1)c1ccccc1. The minimum Gasteiger partial charge on any atom is -0.306 e. The summed E-state index contributed by atoms with van der Waals surface area (Å²) in [5.74, 6) is 0. The van der Waals surface area contributed by atoms with Crippen molar-refractivity contribution >= 4 is 11.8 Å². The Hall–Kier alpha value is -2.35. The maximum absolute atomic E-state index is 11.7. The molecule has 0 atom stereocenters. The van der Waals surface area contributed by atoms with E-state index in [1.165, 1.54) is 0 Å². The second kappa shape index (κ2) is 6.55. The lowest BCUT2D eigenvalue weighted by molar-refractivity contribution is 0.0984. The normalized spacial score (nSPS) is 15.7. The number of oxime groups is 1. The Morgan fingerprint density at radius 1 is 1.21 bits per heavy atom. The molecule has 0 radical (unpaired) electrons. The molecule has 1 fully saturated rings. The average molecular weight is 257 g/mol. The second-order valence-corrected chi connectivity index (χ2v) is 4.32. The number of rotatable bonds is 2. The zero-order valence-corrected chi connectivity index (χ0v) is 10.6. The van der Waals surface area contributed by atoms with E-state index < -0.39 is 6.09 Å². The first kappa shape index (κ1) is 13.1. The van der Waals surface area contributed by atoms with Gasteiger partial charge in [-0.3, -0.25) is 4.84 Å². The van der Waals surface area contributed by atoms with Crippen molar-refractivity contribution in [1.29, 1.82) is 5.26 Å². The van der Waals surface area contributed by atoms with Crippen molar-refractivity contribution in [3.05, 3.63) is 35.9 Å². The van der Waals surface area contributed by atoms with Crippen LogP contribution in [0.2, 0.25) is 0 Å². The summed E-state index contributed by atoms with van der Waals surface area (Å²) in [5.41, 5.74) is 0.738. The number of carbonyl (C=O) groups excluding carboxylic acids is 1. The van der Waals surface area contributed by atoms with E-state index in [0.717, 1.165) is 19.3 Å². The Bertz CT molecular complexity index is 499. The maximum atomic E-state index is 11.7. The molecule has 5 nitrogen and oxygen atoms in total. The van der Waals surface area contributed by atoms with E-state index >= 15 is 0 Å². The molecule has 1 aliphatic heterocycles. The van der Waals surface area contributed by atoms with Gasteiger partial charge in [-0.1, -0.05) is 35.5 Å². The molecule has 1 heterocycles. The summed E-state index contributed by atoms with van der Waals surface area (Å²) in [7, 11) is 0. The zero-order chi connectivity index (χ0) is 13.5. The summed E-state index contributed by atoms with van der Waals surface area (Å²) in [6.07, 6.45) is 2.63. The number of benzene rings is 1. The van der Waals surface area contributed by atoms with Crippen LogP contribution in [-0.2, 0) is 4.84 Å². The summed E-state index contributed by atoms with van der Waals surface area (Å²) < 4.78 is 0. The van der Waals surface area contributed by atoms with Crippen LogP contribution in [0.5, 0.6) is 0 Å². The molecule has 1 amide bonds. The van der Waals surface area contributed by atoms with Gasteiger partial charge in [-0.25, -0.2) is 4.79 Å². The summed E-state index contributed by atoms with van der Waals surface area (Å²) in [6, 6.07) is 10.9. The lowest BCUT2D eigenvalue weighted by atomic mass is 10.1. The number of nitrogens with zero attached hydrogens (tertiary/aromatic N) is 3. The van der Waals surface area contributed by atoms with Crippen molar-refractivity contribution < 1.29 is 9.63 Å². The van der Waals surface area contributed by atoms with Crippen molar-refractivity contribution in [2.24, 2.45) is 5.16 Å². The van der Waals surface area contributed by atoms with Gasteiger partial charge in [0.15, 0.2) is 5.71 Å². The van der Waals surface area contributed by atoms with Gasteiger partial charge in [-0.2, -0.15) is 5.26 Å². The summed E-state index contributed by atoms with van der Waals surface area (Å²) in [4.78, 5) is 18.2. The van der Waals surface area contributed by atoms with E-state index in [1.54, 1.807) is 29.2 Å². The molecule has 0 aliphatic carbocycles. The number of piperidine rings is 1. The van der Waals surface area contributed by atoms with Crippen LogP contribution in [0.4, 0.5) is 4.79 Å². The topological polar surface area (TPSA) is 65.7 Å². The molecule has 0 spiro atoms. The van der Waals surface area contributed by atoms with Gasteiger partial charge >= 0.3 is 6.09 Å². The highest BCUT2D eigenvalue weighted by Gasteiger charge is 2.18. The highest BCUT2D eigenvalue weighted by molar-refractivity contribution is 6.11. The number of nitriles is 1. The third-order valence-corrected chi connectivity index (χ3v) is 2.98. The van der Waals surface area contributed by atoms with Gasteiger partial charge in [0.1, 0.15) is 6.07 Å². The van der Waals surface area contributed by atoms with Crippen LogP contribution in [0.15, 0.2) is 35.5 Å². The molecule has 2 rings (SSSR count). The Morgan fingerprint density at radius 3 is 2.53 bits per heavy atom. The number of likely N-dealkylation sites (tertiary alicyclic amines) is 1. The Kier molecular flexibility index (Phi) is 4.51. The standard InChI is InChI=1S/C14H15N3O2/c15-11-13(12-7-3-1-4-8-12)16-19-14(18)17-9-5-2-6-10-17/h1,3-4,7-8H,2,5-6,9-10H2/b16-13+. The highest BCUT2D eigenvalue weighted by Crippen LogP contribution is 2.10. The first-order valence-corrected chi connectivity index (χ1v) is 6.30. The predicted molar refractivity (Wildman–Crippen MR) is 70.5 cm³/mol. The third kappa shape index (κ3) is 3.55. The number of carbonyl (C=O) groups is 1. The molecule has 1 saturated heterocycles. The molecule has 0 aromatic heterocycles. The highest BCUT2D eigenvalue weighted by atomic mass is 16.7. The largest absolute Gasteiger partial charge is 0.436 e. The fraction of sp³-hybridized carbons (Fsp3) is 0.357. The number of hydrogen-bond acceptors (Lipinski definition) is 4. The molecule has 0 N–H and O–H groups in total. The first-order valence-electron chi connectivity index (χ1n) is 6.30. The van der Waals surface area contributed by atoms with Crippen LogP contribution in [0.25, 0.3) is 0 Å². The molecule has 0 unspecified atom stereocenters. The number of hydrogen-bond donors (Lipinski definition) is 0. The average Bonchev–Trinajstić information content (AvgIpc) is 2.49. The molecule has 1 aromatic rings. The summed E-state index contributed by atoms with van der Waals surface area (Å²) >= 11 is 0. The van der Waals surface area contributed by atoms with Gasteiger partial charge in [-0.15, -0.1) is 0 Å². The molecule has 1 aliphatic rings. The van der Waals surface area contributed by atoms with Crippen molar-refractivity contribution in [1.82, 2.24) is 4.90 Å². The van der Waals surface area contributed by atoms with E-state index in [2.05, 4.69) is 5.16 Å². The molecule has 98 valence electrons. The molecule has 0 saturated carbocycles. The van der Waals surface area contributed by atoms with Crippen molar-refractivity contribution in [2.75, 3.05) is 13.1 Å². The Labute approximate surface area is 112 Å². The number of amides is 1. The lowest BCUT2D eigenvalue weighted by Gasteiger charge is -2.24. The second-order valence-electron chi connectivity index (χ2n) is 4.32. The van der Waals surface area contributed by atoms with Gasteiger partial charge in [0, 0.05) is 18.7 Å². The quantitative estimate of drug-likeness (QED) is 0.464. The van der Waals surface area contributed by atoms with E-state index in [-0.39, 0.29) is 5.71 Å². The van der Waals surface area contributed by atoms with Crippen LogP contribution in [0.3, 0.4) is 0 Å². The third-order valence-electron chi connectivity index (χ3n) is 2.98. The van der Waals surface area contributed by atoms with Gasteiger partial charge in [-0.05, 0) is 19.3 Å². The van der Waals surface area contributed by atoms with Gasteiger partial charge in [0.2, 0.25) is 0 Å². The zero-order valence-electron chi connectivity index (χ0n) is 10.6. The summed E-state index contributed by atoms with van der Waals surface area (Å²) in [6.45, 7) is 1.39. The van der Waals surface area contributed by atoms with E-state index in [0.29, 0.717) is 18.7 Å². The Balaban J connectivity index is 2.00. The van der Waals surface area contributed by atoms with Crippen LogP contribution >= 0.6 is 0 Å². The predicted octanol–water partition coefficient (Wildman–Crippen LogP) is 2.54. The summed E-state index contributed by atoms with van der Waals surface area (Å²) in [5, 5.41) is 12.7. The molecule has 0 bridgehead atoms. The smallest absolute Gasteiger partial charge is 0.306 e. The van der Waals surface area contributed by atoms with E-state index in [9.17, 15) is 4.79 Å². The fourth-order valence-electron chi connectivity index (χ4n) is 1.95.